The molecule has 0 saturated carbocycles. The zero-order chi connectivity index (χ0) is 17.9. The summed E-state index contributed by atoms with van der Waals surface area (Å²) in [5.74, 6) is -0.103. The van der Waals surface area contributed by atoms with Crippen LogP contribution in [0.2, 0.25) is 0 Å². The van der Waals surface area contributed by atoms with Crippen LogP contribution in [0.5, 0.6) is 0 Å². The molecule has 0 bridgehead atoms. The lowest BCUT2D eigenvalue weighted by Crippen LogP contribution is -2.47. The van der Waals surface area contributed by atoms with E-state index in [0.717, 1.165) is 24.9 Å². The first-order valence-corrected chi connectivity index (χ1v) is 9.13. The van der Waals surface area contributed by atoms with Gasteiger partial charge in [-0.05, 0) is 36.1 Å². The van der Waals surface area contributed by atoms with Crippen LogP contribution in [0.25, 0.3) is 0 Å². The van der Waals surface area contributed by atoms with Gasteiger partial charge in [0, 0.05) is 31.7 Å². The van der Waals surface area contributed by atoms with Crippen molar-refractivity contribution in [1.82, 2.24) is 15.2 Å². The molecule has 6 nitrogen and oxygen atoms in total. The average molecular weight is 353 g/mol. The molecule has 1 saturated heterocycles. The summed E-state index contributed by atoms with van der Waals surface area (Å²) in [7, 11) is 0. The van der Waals surface area contributed by atoms with Gasteiger partial charge in [-0.3, -0.25) is 9.59 Å². The summed E-state index contributed by atoms with van der Waals surface area (Å²) in [5, 5.41) is 2.99. The Balaban J connectivity index is 1.33. The van der Waals surface area contributed by atoms with Crippen molar-refractivity contribution in [2.24, 2.45) is 0 Å². The van der Waals surface area contributed by atoms with Gasteiger partial charge >= 0.3 is 0 Å². The second-order valence-electron chi connectivity index (χ2n) is 6.90. The van der Waals surface area contributed by atoms with Gasteiger partial charge in [0.15, 0.2) is 0 Å². The van der Waals surface area contributed by atoms with E-state index in [1.54, 1.807) is 12.3 Å². The number of amides is 2. The highest BCUT2D eigenvalue weighted by Crippen LogP contribution is 2.21. The maximum Gasteiger partial charge on any atom is 0.270 e. The predicted molar refractivity (Wildman–Crippen MR) is 96.6 cm³/mol. The number of hydrogen-bond donors (Lipinski definition) is 2. The van der Waals surface area contributed by atoms with Gasteiger partial charge < -0.3 is 19.9 Å². The Bertz CT molecular complexity index is 787. The Morgan fingerprint density at radius 1 is 1.19 bits per heavy atom. The minimum atomic E-state index is -0.459. The van der Waals surface area contributed by atoms with E-state index in [1.165, 1.54) is 5.56 Å². The Morgan fingerprint density at radius 3 is 2.85 bits per heavy atom. The maximum atomic E-state index is 12.6. The van der Waals surface area contributed by atoms with Crippen LogP contribution in [-0.4, -0.2) is 46.9 Å². The van der Waals surface area contributed by atoms with E-state index in [4.69, 9.17) is 4.74 Å². The van der Waals surface area contributed by atoms with E-state index in [-0.39, 0.29) is 17.9 Å². The Kier molecular flexibility index (Phi) is 4.75. The van der Waals surface area contributed by atoms with E-state index in [9.17, 15) is 9.59 Å². The number of aromatic amines is 1. The molecule has 136 valence electrons. The summed E-state index contributed by atoms with van der Waals surface area (Å²) in [6, 6.07) is 11.7. The first kappa shape index (κ1) is 16.8. The third-order valence-electron chi connectivity index (χ3n) is 5.23. The van der Waals surface area contributed by atoms with E-state index in [1.807, 2.05) is 35.2 Å². The number of nitrogens with zero attached hydrogens (tertiary/aromatic N) is 1. The third-order valence-corrected chi connectivity index (χ3v) is 5.23. The van der Waals surface area contributed by atoms with E-state index < -0.39 is 6.10 Å². The summed E-state index contributed by atoms with van der Waals surface area (Å²) in [6.45, 7) is 1.66. The van der Waals surface area contributed by atoms with Crippen molar-refractivity contribution in [3.8, 4) is 0 Å². The molecule has 0 radical (unpaired) electrons. The Hall–Kier alpha value is -2.60. The summed E-state index contributed by atoms with van der Waals surface area (Å²) in [4.78, 5) is 29.9. The number of carbonyl (C=O) groups is 2. The molecule has 6 heteroatoms. The van der Waals surface area contributed by atoms with Crippen molar-refractivity contribution >= 4 is 11.8 Å². The van der Waals surface area contributed by atoms with Crippen LogP contribution in [0.15, 0.2) is 42.6 Å². The standard InChI is InChI=1S/C20H23N3O3/c24-19(18-11-14-5-1-2-6-15(14)13-26-18)22-12-16-7-4-10-23(16)20(25)17-8-3-9-21-17/h1-3,5-6,8-9,16,18,21H,4,7,10-13H2,(H,22,24)/t16?,18-/m0/s1. The molecule has 2 atom stereocenters. The second kappa shape index (κ2) is 7.33. The van der Waals surface area contributed by atoms with Crippen molar-refractivity contribution in [3.63, 3.8) is 0 Å². The molecule has 0 aliphatic carbocycles. The lowest BCUT2D eigenvalue weighted by atomic mass is 9.99. The third kappa shape index (κ3) is 3.37. The monoisotopic (exact) mass is 353 g/mol. The molecule has 2 amide bonds. The number of carbonyl (C=O) groups excluding carboxylic acids is 2. The number of nitrogens with one attached hydrogen (secondary N) is 2. The molecule has 26 heavy (non-hydrogen) atoms. The molecule has 1 fully saturated rings. The molecule has 2 aromatic rings. The number of likely N-dealkylation sites (tertiary alicyclic amines) is 1. The zero-order valence-electron chi connectivity index (χ0n) is 14.6. The number of aromatic nitrogens is 1. The molecule has 4 rings (SSSR count). The summed E-state index contributed by atoms with van der Waals surface area (Å²) < 4.78 is 5.72. The number of H-pyrrole nitrogens is 1. The molecular weight excluding hydrogens is 330 g/mol. The minimum absolute atomic E-state index is 0.00501. The van der Waals surface area contributed by atoms with Gasteiger partial charge in [-0.1, -0.05) is 24.3 Å². The average Bonchev–Trinajstić information content (AvgIpc) is 3.37. The van der Waals surface area contributed by atoms with Crippen LogP contribution >= 0.6 is 0 Å². The highest BCUT2D eigenvalue weighted by molar-refractivity contribution is 5.93. The largest absolute Gasteiger partial charge is 0.363 e. The fourth-order valence-corrected chi connectivity index (χ4v) is 3.78. The Morgan fingerprint density at radius 2 is 2.04 bits per heavy atom. The van der Waals surface area contributed by atoms with Gasteiger partial charge in [-0.2, -0.15) is 0 Å². The van der Waals surface area contributed by atoms with Crippen molar-refractivity contribution in [2.75, 3.05) is 13.1 Å². The molecule has 1 aromatic heterocycles. The fraction of sp³-hybridized carbons (Fsp3) is 0.400. The van der Waals surface area contributed by atoms with Crippen LogP contribution in [0.3, 0.4) is 0 Å². The molecule has 2 aliphatic rings. The lowest BCUT2D eigenvalue weighted by molar-refractivity contribution is -0.134. The molecule has 2 aliphatic heterocycles. The van der Waals surface area contributed by atoms with Gasteiger partial charge in [-0.25, -0.2) is 0 Å². The normalized spacial score (nSPS) is 22.1. The SMILES string of the molecule is O=C(NCC1CCCN1C(=O)c1ccc[nH]1)[C@@H]1Cc2ccccc2CO1. The number of hydrogen-bond acceptors (Lipinski definition) is 3. The van der Waals surface area contributed by atoms with Crippen LogP contribution in [0.1, 0.15) is 34.5 Å². The van der Waals surface area contributed by atoms with Crippen molar-refractivity contribution in [3.05, 3.63) is 59.4 Å². The first-order chi connectivity index (χ1) is 12.7. The predicted octanol–water partition coefficient (Wildman–Crippen LogP) is 1.88. The van der Waals surface area contributed by atoms with Crippen LogP contribution in [0, 0.1) is 0 Å². The summed E-state index contributed by atoms with van der Waals surface area (Å²) in [5.41, 5.74) is 2.91. The molecule has 1 unspecified atom stereocenters. The van der Waals surface area contributed by atoms with E-state index >= 15 is 0 Å². The number of benzene rings is 1. The van der Waals surface area contributed by atoms with Crippen molar-refractivity contribution in [2.45, 2.75) is 38.0 Å². The smallest absolute Gasteiger partial charge is 0.270 e. The molecule has 0 spiro atoms. The number of rotatable bonds is 4. The second-order valence-corrected chi connectivity index (χ2v) is 6.90. The van der Waals surface area contributed by atoms with E-state index in [0.29, 0.717) is 25.3 Å². The maximum absolute atomic E-state index is 12.6. The molecule has 3 heterocycles. The van der Waals surface area contributed by atoms with Crippen LogP contribution < -0.4 is 5.32 Å². The van der Waals surface area contributed by atoms with Gasteiger partial charge in [0.05, 0.1) is 6.61 Å². The minimum Gasteiger partial charge on any atom is -0.363 e. The van der Waals surface area contributed by atoms with Crippen molar-refractivity contribution in [1.29, 1.82) is 0 Å². The highest BCUT2D eigenvalue weighted by Gasteiger charge is 2.31. The summed E-state index contributed by atoms with van der Waals surface area (Å²) in [6.07, 6.45) is 3.75. The number of fused-ring (bicyclic) bond motifs is 1. The van der Waals surface area contributed by atoms with Crippen LogP contribution in [0.4, 0.5) is 0 Å². The van der Waals surface area contributed by atoms with E-state index in [2.05, 4.69) is 10.3 Å². The molecular formula is C20H23N3O3. The van der Waals surface area contributed by atoms with Gasteiger partial charge in [-0.15, -0.1) is 0 Å². The first-order valence-electron chi connectivity index (χ1n) is 9.13. The quantitative estimate of drug-likeness (QED) is 0.881. The zero-order valence-corrected chi connectivity index (χ0v) is 14.6. The molecule has 1 aromatic carbocycles. The van der Waals surface area contributed by atoms with Gasteiger partial charge in [0.25, 0.3) is 5.91 Å². The fourth-order valence-electron chi connectivity index (χ4n) is 3.78. The van der Waals surface area contributed by atoms with Gasteiger partial charge in [0.1, 0.15) is 11.8 Å². The lowest BCUT2D eigenvalue weighted by Gasteiger charge is -2.27. The topological polar surface area (TPSA) is 74.4 Å². The Labute approximate surface area is 152 Å². The number of ether oxygens (including phenoxy) is 1. The van der Waals surface area contributed by atoms with Crippen LogP contribution in [-0.2, 0) is 22.6 Å². The summed E-state index contributed by atoms with van der Waals surface area (Å²) >= 11 is 0. The highest BCUT2D eigenvalue weighted by atomic mass is 16.5. The van der Waals surface area contributed by atoms with Gasteiger partial charge in [0.2, 0.25) is 5.91 Å². The molecule has 2 N–H and O–H groups in total. The van der Waals surface area contributed by atoms with Crippen molar-refractivity contribution < 1.29 is 14.3 Å².